The van der Waals surface area contributed by atoms with Crippen molar-refractivity contribution in [2.45, 2.75) is 27.2 Å². The molecule has 0 aliphatic heterocycles. The number of nitrogens with zero attached hydrogens (tertiary/aromatic N) is 2. The van der Waals surface area contributed by atoms with Crippen molar-refractivity contribution in [2.75, 3.05) is 13.7 Å². The lowest BCUT2D eigenvalue weighted by Crippen LogP contribution is -2.27. The van der Waals surface area contributed by atoms with Crippen LogP contribution < -0.4 is 0 Å². The first kappa shape index (κ1) is 17.1. The van der Waals surface area contributed by atoms with Crippen molar-refractivity contribution in [1.82, 2.24) is 5.01 Å². The van der Waals surface area contributed by atoms with Crippen LogP contribution in [0, 0.1) is 6.92 Å². The van der Waals surface area contributed by atoms with Gasteiger partial charge in [-0.2, -0.15) is 5.10 Å². The van der Waals surface area contributed by atoms with Gasteiger partial charge >= 0.3 is 5.97 Å². The summed E-state index contributed by atoms with van der Waals surface area (Å²) in [6.45, 7) is 5.53. The van der Waals surface area contributed by atoms with Gasteiger partial charge in [-0.15, -0.1) is 11.3 Å². The summed E-state index contributed by atoms with van der Waals surface area (Å²) in [7, 11) is 1.55. The van der Waals surface area contributed by atoms with Crippen LogP contribution in [-0.2, 0) is 20.7 Å². The van der Waals surface area contributed by atoms with E-state index in [2.05, 4.69) is 11.2 Å². The Morgan fingerprint density at radius 2 is 2.04 bits per heavy atom. The molecule has 1 aromatic carbocycles. The van der Waals surface area contributed by atoms with Crippen molar-refractivity contribution < 1.29 is 14.3 Å². The molecule has 0 unspecified atom stereocenters. The zero-order valence-corrected chi connectivity index (χ0v) is 14.6. The maximum atomic E-state index is 12.4. The van der Waals surface area contributed by atoms with Gasteiger partial charge in [0, 0.05) is 11.7 Å². The molecule has 0 aliphatic carbocycles. The lowest BCUT2D eigenvalue weighted by Gasteiger charge is -2.14. The van der Waals surface area contributed by atoms with E-state index in [-0.39, 0.29) is 24.6 Å². The number of esters is 1. The highest BCUT2D eigenvalue weighted by Crippen LogP contribution is 2.27. The lowest BCUT2D eigenvalue weighted by molar-refractivity contribution is -0.135. The lowest BCUT2D eigenvalue weighted by atomic mass is 10.0. The Hall–Kier alpha value is -2.21. The van der Waals surface area contributed by atoms with Crippen LogP contribution in [-0.4, -0.2) is 36.3 Å². The van der Waals surface area contributed by atoms with Gasteiger partial charge in [0.15, 0.2) is 0 Å². The predicted molar refractivity (Wildman–Crippen MR) is 92.8 cm³/mol. The minimum Gasteiger partial charge on any atom is -0.461 e. The Morgan fingerprint density at radius 1 is 1.30 bits per heavy atom. The van der Waals surface area contributed by atoms with Gasteiger partial charge in [0.25, 0.3) is 0 Å². The average molecular weight is 332 g/mol. The fourth-order valence-electron chi connectivity index (χ4n) is 2.27. The summed E-state index contributed by atoms with van der Waals surface area (Å²) < 4.78 is 6.02. The van der Waals surface area contributed by atoms with E-state index in [0.717, 1.165) is 21.2 Å². The number of ether oxygens (including phenoxy) is 1. The molecule has 0 spiro atoms. The molecule has 1 aromatic heterocycles. The van der Waals surface area contributed by atoms with E-state index in [9.17, 15) is 9.59 Å². The zero-order chi connectivity index (χ0) is 17.0. The number of benzene rings is 1. The van der Waals surface area contributed by atoms with Crippen LogP contribution in [0.3, 0.4) is 0 Å². The second kappa shape index (κ2) is 7.37. The van der Waals surface area contributed by atoms with Gasteiger partial charge in [-0.3, -0.25) is 4.79 Å². The Morgan fingerprint density at radius 3 is 2.74 bits per heavy atom. The summed E-state index contributed by atoms with van der Waals surface area (Å²) in [5.74, 6) is -0.682. The first-order valence-corrected chi connectivity index (χ1v) is 8.26. The molecule has 6 heteroatoms. The van der Waals surface area contributed by atoms with Gasteiger partial charge in [-0.25, -0.2) is 9.80 Å². The van der Waals surface area contributed by atoms with Crippen LogP contribution >= 0.6 is 11.3 Å². The number of aryl methyl sites for hydroxylation is 1. The van der Waals surface area contributed by atoms with E-state index in [1.54, 1.807) is 25.3 Å². The Balaban J connectivity index is 2.17. The van der Waals surface area contributed by atoms with Gasteiger partial charge in [-0.05, 0) is 54.8 Å². The van der Waals surface area contributed by atoms with Crippen LogP contribution in [0.15, 0.2) is 28.7 Å². The SMILES string of the molecule is CCOC(=O)C(C)=NN(C)C(=O)Cc1c(C)ccc2sccc12. The molecule has 2 rings (SSSR count). The van der Waals surface area contributed by atoms with Gasteiger partial charge in [-0.1, -0.05) is 6.07 Å². The number of rotatable bonds is 5. The molecule has 0 bridgehead atoms. The Kier molecular flexibility index (Phi) is 5.50. The molecule has 2 aromatic rings. The van der Waals surface area contributed by atoms with Crippen molar-refractivity contribution in [2.24, 2.45) is 5.10 Å². The standard InChI is InChI=1S/C17H20N2O3S/c1-5-22-17(21)12(3)18-19(4)16(20)10-14-11(2)6-7-15-13(14)8-9-23-15/h6-9H,5,10H2,1-4H3. The zero-order valence-electron chi connectivity index (χ0n) is 13.8. The quantitative estimate of drug-likeness (QED) is 0.480. The van der Waals surface area contributed by atoms with Crippen LogP contribution in [0.25, 0.3) is 10.1 Å². The molecule has 0 radical (unpaired) electrons. The molecular weight excluding hydrogens is 312 g/mol. The highest BCUT2D eigenvalue weighted by molar-refractivity contribution is 7.17. The molecule has 0 aliphatic rings. The molecule has 122 valence electrons. The van der Waals surface area contributed by atoms with Gasteiger partial charge in [0.2, 0.25) is 5.91 Å². The van der Waals surface area contributed by atoms with Crippen molar-refractivity contribution in [1.29, 1.82) is 0 Å². The Labute approximate surface area is 139 Å². The fraction of sp³-hybridized carbons (Fsp3) is 0.353. The molecule has 0 fully saturated rings. The number of likely N-dealkylation sites (N-methyl/N-ethyl adjacent to an activating group) is 1. The number of hydrazone groups is 1. The summed E-state index contributed by atoms with van der Waals surface area (Å²) in [5, 5.41) is 8.34. The summed E-state index contributed by atoms with van der Waals surface area (Å²) >= 11 is 1.65. The van der Waals surface area contributed by atoms with Crippen molar-refractivity contribution in [3.8, 4) is 0 Å². The molecule has 0 atom stereocenters. The number of amides is 1. The largest absolute Gasteiger partial charge is 0.461 e. The number of carbonyl (C=O) groups is 2. The molecule has 23 heavy (non-hydrogen) atoms. The third-order valence-corrected chi connectivity index (χ3v) is 4.42. The normalized spacial score (nSPS) is 11.6. The van der Waals surface area contributed by atoms with Crippen LogP contribution in [0.2, 0.25) is 0 Å². The highest BCUT2D eigenvalue weighted by atomic mass is 32.1. The first-order valence-electron chi connectivity index (χ1n) is 7.38. The summed E-state index contributed by atoms with van der Waals surface area (Å²) in [5.41, 5.74) is 2.24. The van der Waals surface area contributed by atoms with Crippen molar-refractivity contribution >= 4 is 39.0 Å². The summed E-state index contributed by atoms with van der Waals surface area (Å²) in [4.78, 5) is 24.0. The van der Waals surface area contributed by atoms with Gasteiger partial charge in [0.05, 0.1) is 13.0 Å². The summed E-state index contributed by atoms with van der Waals surface area (Å²) in [6.07, 6.45) is 0.246. The molecule has 0 N–H and O–H groups in total. The number of thiophene rings is 1. The summed E-state index contributed by atoms with van der Waals surface area (Å²) in [6, 6.07) is 6.12. The smallest absolute Gasteiger partial charge is 0.354 e. The van der Waals surface area contributed by atoms with E-state index in [4.69, 9.17) is 4.74 Å². The van der Waals surface area contributed by atoms with Crippen LogP contribution in [0.5, 0.6) is 0 Å². The molecular formula is C17H20N2O3S. The monoisotopic (exact) mass is 332 g/mol. The highest BCUT2D eigenvalue weighted by Gasteiger charge is 2.15. The third kappa shape index (κ3) is 3.96. The maximum absolute atomic E-state index is 12.4. The van der Waals surface area contributed by atoms with Crippen LogP contribution in [0.4, 0.5) is 0 Å². The molecule has 5 nitrogen and oxygen atoms in total. The minimum atomic E-state index is -0.511. The van der Waals surface area contributed by atoms with Gasteiger partial charge < -0.3 is 4.74 Å². The predicted octanol–water partition coefficient (Wildman–Crippen LogP) is 3.15. The fourth-order valence-corrected chi connectivity index (χ4v) is 3.09. The van der Waals surface area contributed by atoms with E-state index in [1.165, 1.54) is 11.9 Å². The Bertz CT molecular complexity index is 764. The van der Waals surface area contributed by atoms with E-state index >= 15 is 0 Å². The number of hydrogen-bond acceptors (Lipinski definition) is 5. The topological polar surface area (TPSA) is 59.0 Å². The minimum absolute atomic E-state index is 0.160. The van der Waals surface area contributed by atoms with Crippen molar-refractivity contribution in [3.63, 3.8) is 0 Å². The molecule has 1 amide bonds. The number of hydrogen-bond donors (Lipinski definition) is 0. The molecule has 0 saturated carbocycles. The number of carbonyl (C=O) groups excluding carboxylic acids is 2. The van der Waals surface area contributed by atoms with Crippen LogP contribution in [0.1, 0.15) is 25.0 Å². The van der Waals surface area contributed by atoms with Gasteiger partial charge in [0.1, 0.15) is 5.71 Å². The van der Waals surface area contributed by atoms with Crippen molar-refractivity contribution in [3.05, 3.63) is 34.7 Å². The second-order valence-corrected chi connectivity index (χ2v) is 6.14. The average Bonchev–Trinajstić information content (AvgIpc) is 2.98. The van der Waals surface area contributed by atoms with E-state index < -0.39 is 5.97 Å². The first-order chi connectivity index (χ1) is 10.9. The molecule has 1 heterocycles. The second-order valence-electron chi connectivity index (χ2n) is 5.19. The number of fused-ring (bicyclic) bond motifs is 1. The molecule has 0 saturated heterocycles. The maximum Gasteiger partial charge on any atom is 0.354 e. The van der Waals surface area contributed by atoms with E-state index in [1.807, 2.05) is 24.4 Å². The van der Waals surface area contributed by atoms with E-state index in [0.29, 0.717) is 0 Å². The third-order valence-electron chi connectivity index (χ3n) is 3.54.